The van der Waals surface area contributed by atoms with Crippen molar-refractivity contribution in [3.05, 3.63) is 18.0 Å². The molecule has 0 spiro atoms. The van der Waals surface area contributed by atoms with Gasteiger partial charge in [0.1, 0.15) is 0 Å². The van der Waals surface area contributed by atoms with E-state index in [1.807, 2.05) is 0 Å². The first-order valence-corrected chi connectivity index (χ1v) is 6.72. The van der Waals surface area contributed by atoms with Crippen molar-refractivity contribution in [3.8, 4) is 0 Å². The molecule has 2 unspecified atom stereocenters. The molecule has 2 heterocycles. The largest absolute Gasteiger partial charge is 0.329 e. The number of aromatic nitrogens is 2. The van der Waals surface area contributed by atoms with E-state index < -0.39 is 0 Å². The summed E-state index contributed by atoms with van der Waals surface area (Å²) in [7, 11) is 0. The highest BCUT2D eigenvalue weighted by molar-refractivity contribution is 5.01. The molecule has 1 saturated heterocycles. The van der Waals surface area contributed by atoms with Gasteiger partial charge in [-0.05, 0) is 38.8 Å². The summed E-state index contributed by atoms with van der Waals surface area (Å²) in [4.78, 5) is 2.46. The summed E-state index contributed by atoms with van der Waals surface area (Å²) in [6.45, 7) is 7.28. The highest BCUT2D eigenvalue weighted by atomic mass is 15.3. The van der Waals surface area contributed by atoms with E-state index in [0.29, 0.717) is 12.1 Å². The van der Waals surface area contributed by atoms with Gasteiger partial charge in [-0.3, -0.25) is 9.58 Å². The van der Waals surface area contributed by atoms with Gasteiger partial charge in [0.25, 0.3) is 0 Å². The Hall–Kier alpha value is -0.870. The van der Waals surface area contributed by atoms with Gasteiger partial charge in [-0.25, -0.2) is 0 Å². The summed E-state index contributed by atoms with van der Waals surface area (Å²) < 4.78 is 2.07. The van der Waals surface area contributed by atoms with Crippen LogP contribution in [0.2, 0.25) is 0 Å². The zero-order valence-corrected chi connectivity index (χ0v) is 11.0. The first kappa shape index (κ1) is 12.6. The first-order valence-electron chi connectivity index (χ1n) is 6.72. The maximum atomic E-state index is 5.79. The van der Waals surface area contributed by atoms with Gasteiger partial charge >= 0.3 is 0 Å². The maximum absolute atomic E-state index is 5.79. The lowest BCUT2D eigenvalue weighted by Crippen LogP contribution is -2.35. The third kappa shape index (κ3) is 2.87. The molecule has 17 heavy (non-hydrogen) atoms. The Morgan fingerprint density at radius 3 is 3.12 bits per heavy atom. The van der Waals surface area contributed by atoms with Gasteiger partial charge in [0.15, 0.2) is 0 Å². The monoisotopic (exact) mass is 236 g/mol. The van der Waals surface area contributed by atoms with Gasteiger partial charge < -0.3 is 5.73 Å². The van der Waals surface area contributed by atoms with Gasteiger partial charge in [0, 0.05) is 31.4 Å². The second-order valence-electron chi connectivity index (χ2n) is 5.05. The molecule has 1 aliphatic heterocycles. The molecule has 1 aliphatic rings. The van der Waals surface area contributed by atoms with Crippen molar-refractivity contribution in [2.75, 3.05) is 13.1 Å². The molecule has 96 valence electrons. The minimum atomic E-state index is 0.493. The Labute approximate surface area is 104 Å². The molecular formula is C13H24N4. The fraction of sp³-hybridized carbons (Fsp3) is 0.769. The predicted octanol–water partition coefficient (Wildman–Crippen LogP) is 1.78. The van der Waals surface area contributed by atoms with E-state index in [9.17, 15) is 0 Å². The van der Waals surface area contributed by atoms with Gasteiger partial charge in [0.05, 0.1) is 5.69 Å². The molecule has 2 atom stereocenters. The Morgan fingerprint density at radius 2 is 2.41 bits per heavy atom. The lowest BCUT2D eigenvalue weighted by Gasteiger charge is -2.21. The van der Waals surface area contributed by atoms with Crippen LogP contribution in [-0.2, 0) is 6.54 Å². The van der Waals surface area contributed by atoms with E-state index in [1.165, 1.54) is 18.5 Å². The van der Waals surface area contributed by atoms with E-state index in [-0.39, 0.29) is 0 Å². The molecule has 0 saturated carbocycles. The molecule has 2 rings (SSSR count). The van der Waals surface area contributed by atoms with Crippen molar-refractivity contribution < 1.29 is 0 Å². The van der Waals surface area contributed by atoms with E-state index in [1.54, 1.807) is 0 Å². The van der Waals surface area contributed by atoms with Crippen molar-refractivity contribution in [2.45, 2.75) is 51.7 Å². The highest BCUT2D eigenvalue weighted by Crippen LogP contribution is 2.19. The van der Waals surface area contributed by atoms with Crippen molar-refractivity contribution in [1.29, 1.82) is 0 Å². The molecule has 2 N–H and O–H groups in total. The maximum Gasteiger partial charge on any atom is 0.0765 e. The van der Waals surface area contributed by atoms with Crippen LogP contribution >= 0.6 is 0 Å². The Kier molecular flexibility index (Phi) is 4.18. The summed E-state index contributed by atoms with van der Waals surface area (Å²) in [5.74, 6) is 0. The number of hydrogen-bond acceptors (Lipinski definition) is 3. The summed E-state index contributed by atoms with van der Waals surface area (Å²) in [5.41, 5.74) is 6.96. The Bertz CT molecular complexity index is 347. The van der Waals surface area contributed by atoms with Crippen LogP contribution in [-0.4, -0.2) is 33.8 Å². The molecule has 0 aromatic carbocycles. The van der Waals surface area contributed by atoms with E-state index in [4.69, 9.17) is 5.73 Å². The highest BCUT2D eigenvalue weighted by Gasteiger charge is 2.23. The lowest BCUT2D eigenvalue weighted by atomic mass is 10.2. The van der Waals surface area contributed by atoms with Crippen LogP contribution in [0.1, 0.15) is 44.8 Å². The van der Waals surface area contributed by atoms with Crippen molar-refractivity contribution in [3.63, 3.8) is 0 Å². The number of nitrogens with two attached hydrogens (primary N) is 1. The fourth-order valence-corrected chi connectivity index (χ4v) is 2.47. The second kappa shape index (κ2) is 5.65. The average molecular weight is 236 g/mol. The van der Waals surface area contributed by atoms with Crippen LogP contribution in [0.4, 0.5) is 0 Å². The van der Waals surface area contributed by atoms with Crippen molar-refractivity contribution >= 4 is 0 Å². The first-order chi connectivity index (χ1) is 8.24. The molecule has 1 aromatic heterocycles. The quantitative estimate of drug-likeness (QED) is 0.847. The van der Waals surface area contributed by atoms with Gasteiger partial charge in [-0.15, -0.1) is 0 Å². The van der Waals surface area contributed by atoms with E-state index in [2.05, 4.69) is 40.8 Å². The minimum Gasteiger partial charge on any atom is -0.329 e. The smallest absolute Gasteiger partial charge is 0.0765 e. The summed E-state index contributed by atoms with van der Waals surface area (Å²) in [6.07, 6.45) is 5.73. The van der Waals surface area contributed by atoms with Crippen molar-refractivity contribution in [1.82, 2.24) is 14.7 Å². The summed E-state index contributed by atoms with van der Waals surface area (Å²) >= 11 is 0. The topological polar surface area (TPSA) is 47.1 Å². The Balaban J connectivity index is 1.96. The van der Waals surface area contributed by atoms with E-state index >= 15 is 0 Å². The van der Waals surface area contributed by atoms with Crippen LogP contribution in [0, 0.1) is 0 Å². The normalized spacial score (nSPS) is 23.1. The molecule has 4 heteroatoms. The van der Waals surface area contributed by atoms with E-state index in [0.717, 1.165) is 26.1 Å². The minimum absolute atomic E-state index is 0.493. The lowest BCUT2D eigenvalue weighted by molar-refractivity contribution is 0.246. The predicted molar refractivity (Wildman–Crippen MR) is 69.7 cm³/mol. The molecule has 4 nitrogen and oxygen atoms in total. The number of rotatable bonds is 5. The third-order valence-electron chi connectivity index (χ3n) is 3.84. The van der Waals surface area contributed by atoms with Crippen LogP contribution in [0.25, 0.3) is 0 Å². The van der Waals surface area contributed by atoms with Gasteiger partial charge in [-0.2, -0.15) is 5.10 Å². The van der Waals surface area contributed by atoms with Gasteiger partial charge in [-0.1, -0.05) is 6.92 Å². The number of hydrogen-bond donors (Lipinski definition) is 1. The van der Waals surface area contributed by atoms with Crippen LogP contribution < -0.4 is 5.73 Å². The molecule has 0 radical (unpaired) electrons. The van der Waals surface area contributed by atoms with Crippen LogP contribution in [0.15, 0.2) is 12.3 Å². The number of nitrogens with zero attached hydrogens (tertiary/aromatic N) is 3. The standard InChI is InChI=1S/C13H24N4/c1-3-11(2)17-8-6-12(15-17)10-16-7-4-5-13(16)9-14/h6,8,11,13H,3-5,7,9-10,14H2,1-2H3. The van der Waals surface area contributed by atoms with Crippen molar-refractivity contribution in [2.24, 2.45) is 5.73 Å². The third-order valence-corrected chi connectivity index (χ3v) is 3.84. The summed E-state index contributed by atoms with van der Waals surface area (Å²) in [6, 6.07) is 3.19. The molecule has 1 fully saturated rings. The second-order valence-corrected chi connectivity index (χ2v) is 5.05. The Morgan fingerprint density at radius 1 is 1.59 bits per heavy atom. The molecular weight excluding hydrogens is 212 g/mol. The van der Waals surface area contributed by atoms with Crippen LogP contribution in [0.5, 0.6) is 0 Å². The van der Waals surface area contributed by atoms with Crippen LogP contribution in [0.3, 0.4) is 0 Å². The fourth-order valence-electron chi connectivity index (χ4n) is 2.47. The average Bonchev–Trinajstić information content (AvgIpc) is 2.97. The summed E-state index contributed by atoms with van der Waals surface area (Å²) in [5, 5.41) is 4.65. The SMILES string of the molecule is CCC(C)n1ccc(CN2CCCC2CN)n1. The molecule has 0 amide bonds. The van der Waals surface area contributed by atoms with Gasteiger partial charge in [0.2, 0.25) is 0 Å². The zero-order valence-electron chi connectivity index (χ0n) is 11.0. The molecule has 0 aliphatic carbocycles. The molecule has 0 bridgehead atoms. The molecule has 1 aromatic rings. The number of likely N-dealkylation sites (tertiary alicyclic amines) is 1. The zero-order chi connectivity index (χ0) is 12.3.